The van der Waals surface area contributed by atoms with Gasteiger partial charge in [-0.05, 0) is 53.8 Å². The first kappa shape index (κ1) is 17.5. The number of anilines is 1. The summed E-state index contributed by atoms with van der Waals surface area (Å²) in [4.78, 5) is 25.4. The number of fused-ring (bicyclic) bond motifs is 2. The van der Waals surface area contributed by atoms with Crippen molar-refractivity contribution in [2.45, 2.75) is 31.8 Å². The van der Waals surface area contributed by atoms with Crippen molar-refractivity contribution in [1.29, 1.82) is 0 Å². The molecule has 4 nitrogen and oxygen atoms in total. The van der Waals surface area contributed by atoms with Gasteiger partial charge in [-0.2, -0.15) is 0 Å². The Morgan fingerprint density at radius 1 is 0.967 bits per heavy atom. The highest BCUT2D eigenvalue weighted by Gasteiger charge is 2.53. The Morgan fingerprint density at radius 3 is 2.27 bits per heavy atom. The Labute approximate surface area is 174 Å². The third-order valence-electron chi connectivity index (χ3n) is 7.09. The number of cyclic esters (lactones) is 1. The molecule has 0 saturated heterocycles. The normalized spacial score (nSPS) is 25.2. The van der Waals surface area contributed by atoms with Gasteiger partial charge in [0.25, 0.3) is 0 Å². The number of benzene rings is 3. The maximum atomic E-state index is 13.7. The molecule has 0 radical (unpaired) electrons. The zero-order valence-corrected chi connectivity index (χ0v) is 16.6. The molecule has 3 aromatic rings. The number of rotatable bonds is 2. The minimum absolute atomic E-state index is 0.0201. The highest BCUT2D eigenvalue weighted by atomic mass is 16.5. The third kappa shape index (κ3) is 2.28. The Morgan fingerprint density at radius 2 is 1.60 bits per heavy atom. The highest BCUT2D eigenvalue weighted by molar-refractivity contribution is 5.99. The van der Waals surface area contributed by atoms with Gasteiger partial charge < -0.3 is 10.1 Å². The van der Waals surface area contributed by atoms with Crippen LogP contribution in [0.1, 0.15) is 63.4 Å². The molecule has 3 aromatic carbocycles. The van der Waals surface area contributed by atoms with Crippen molar-refractivity contribution < 1.29 is 14.3 Å². The molecular formula is C26H21NO3. The van der Waals surface area contributed by atoms with Crippen LogP contribution in [0, 0.1) is 5.41 Å². The van der Waals surface area contributed by atoms with Crippen LogP contribution in [-0.4, -0.2) is 11.9 Å². The largest absolute Gasteiger partial charge is 0.457 e. The van der Waals surface area contributed by atoms with Gasteiger partial charge in [0.15, 0.2) is 0 Å². The van der Waals surface area contributed by atoms with Crippen LogP contribution in [0.3, 0.4) is 0 Å². The third-order valence-corrected chi connectivity index (χ3v) is 7.09. The average molecular weight is 395 g/mol. The van der Waals surface area contributed by atoms with Crippen molar-refractivity contribution in [2.75, 3.05) is 5.32 Å². The molecule has 7 rings (SSSR count). The molecule has 30 heavy (non-hydrogen) atoms. The lowest BCUT2D eigenvalue weighted by Gasteiger charge is -2.50. The second kappa shape index (κ2) is 6.05. The fourth-order valence-corrected chi connectivity index (χ4v) is 5.67. The van der Waals surface area contributed by atoms with E-state index in [1.165, 1.54) is 22.3 Å². The predicted molar refractivity (Wildman–Crippen MR) is 113 cm³/mol. The first-order valence-corrected chi connectivity index (χ1v) is 10.4. The molecule has 1 N–H and O–H groups in total. The van der Waals surface area contributed by atoms with Crippen molar-refractivity contribution in [1.82, 2.24) is 0 Å². The summed E-state index contributed by atoms with van der Waals surface area (Å²) in [6.45, 7) is 2.35. The summed E-state index contributed by atoms with van der Waals surface area (Å²) in [5.41, 5.74) is 6.78. The molecule has 148 valence electrons. The van der Waals surface area contributed by atoms with Crippen molar-refractivity contribution in [3.8, 4) is 0 Å². The van der Waals surface area contributed by atoms with Crippen LogP contribution in [0.2, 0.25) is 0 Å². The maximum absolute atomic E-state index is 13.7. The smallest absolute Gasteiger partial charge is 0.338 e. The molecule has 2 bridgehead atoms. The van der Waals surface area contributed by atoms with E-state index in [1.54, 1.807) is 12.1 Å². The summed E-state index contributed by atoms with van der Waals surface area (Å²) < 4.78 is 5.09. The number of carbonyl (C=O) groups is 2. The van der Waals surface area contributed by atoms with E-state index in [0.29, 0.717) is 11.3 Å². The Bertz CT molecular complexity index is 1180. The van der Waals surface area contributed by atoms with Gasteiger partial charge in [-0.25, -0.2) is 4.79 Å². The first-order valence-electron chi connectivity index (χ1n) is 10.4. The molecule has 0 spiro atoms. The number of esters is 1. The zero-order valence-electron chi connectivity index (χ0n) is 16.6. The highest BCUT2D eigenvalue weighted by Crippen LogP contribution is 2.61. The number of carbonyl (C=O) groups excluding carboxylic acids is 2. The van der Waals surface area contributed by atoms with E-state index in [4.69, 9.17) is 4.74 Å². The molecule has 1 unspecified atom stereocenters. The SMILES string of the molecule is CC1(C(=O)Nc2ccc3c(c2)COC3=O)CC2c3ccccc3C1c1ccccc12. The first-order chi connectivity index (χ1) is 14.6. The Kier molecular flexibility index (Phi) is 3.52. The molecule has 0 aromatic heterocycles. The monoisotopic (exact) mass is 395 g/mol. The Hall–Kier alpha value is -3.40. The molecule has 3 aliphatic carbocycles. The van der Waals surface area contributed by atoms with Crippen molar-refractivity contribution in [3.05, 3.63) is 100 Å². The lowest BCUT2D eigenvalue weighted by molar-refractivity contribution is -0.126. The fraction of sp³-hybridized carbons (Fsp3) is 0.231. The summed E-state index contributed by atoms with van der Waals surface area (Å²) in [7, 11) is 0. The molecule has 1 aliphatic heterocycles. The molecule has 1 atom stereocenters. The lowest BCUT2D eigenvalue weighted by Crippen LogP contribution is -2.47. The molecule has 1 amide bonds. The van der Waals surface area contributed by atoms with Gasteiger partial charge in [-0.1, -0.05) is 48.5 Å². The minimum Gasteiger partial charge on any atom is -0.457 e. The lowest BCUT2D eigenvalue weighted by atomic mass is 9.52. The summed E-state index contributed by atoms with van der Waals surface area (Å²) >= 11 is 0. The topological polar surface area (TPSA) is 55.4 Å². The zero-order chi connectivity index (χ0) is 20.5. The van der Waals surface area contributed by atoms with Crippen LogP contribution in [0.4, 0.5) is 5.69 Å². The molecule has 4 heteroatoms. The van der Waals surface area contributed by atoms with Gasteiger partial charge in [0.1, 0.15) is 6.61 Å². The van der Waals surface area contributed by atoms with E-state index in [9.17, 15) is 9.59 Å². The quantitative estimate of drug-likeness (QED) is 0.623. The molecule has 1 heterocycles. The molecule has 4 aliphatic rings. The van der Waals surface area contributed by atoms with Gasteiger partial charge in [0, 0.05) is 23.1 Å². The Balaban J connectivity index is 1.40. The van der Waals surface area contributed by atoms with E-state index < -0.39 is 5.41 Å². The van der Waals surface area contributed by atoms with E-state index >= 15 is 0 Å². The van der Waals surface area contributed by atoms with Gasteiger partial charge in [0.05, 0.1) is 11.0 Å². The summed E-state index contributed by atoms with van der Waals surface area (Å²) in [6.07, 6.45) is 0.782. The van der Waals surface area contributed by atoms with Gasteiger partial charge >= 0.3 is 5.97 Å². The summed E-state index contributed by atoms with van der Waals surface area (Å²) in [6, 6.07) is 22.4. The second-order valence-electron chi connectivity index (χ2n) is 8.77. The summed E-state index contributed by atoms with van der Waals surface area (Å²) in [5, 5.41) is 3.14. The van der Waals surface area contributed by atoms with Crippen LogP contribution in [0.5, 0.6) is 0 Å². The number of hydrogen-bond donors (Lipinski definition) is 1. The van der Waals surface area contributed by atoms with Crippen molar-refractivity contribution in [2.24, 2.45) is 5.41 Å². The number of nitrogens with one attached hydrogen (secondary N) is 1. The predicted octanol–water partition coefficient (Wildman–Crippen LogP) is 4.98. The number of ether oxygens (including phenoxy) is 1. The van der Waals surface area contributed by atoms with Crippen LogP contribution in [0.25, 0.3) is 0 Å². The maximum Gasteiger partial charge on any atom is 0.338 e. The van der Waals surface area contributed by atoms with Gasteiger partial charge in [0.2, 0.25) is 5.91 Å². The average Bonchev–Trinajstić information content (AvgIpc) is 3.14. The van der Waals surface area contributed by atoms with Gasteiger partial charge in [-0.3, -0.25) is 4.79 Å². The minimum atomic E-state index is -0.557. The van der Waals surface area contributed by atoms with Crippen molar-refractivity contribution >= 4 is 17.6 Å². The van der Waals surface area contributed by atoms with Crippen molar-refractivity contribution in [3.63, 3.8) is 0 Å². The molecular weight excluding hydrogens is 374 g/mol. The van der Waals surface area contributed by atoms with Crippen LogP contribution in [-0.2, 0) is 16.1 Å². The standard InChI is InChI=1S/C26H21NO3/c1-26(25(29)27-16-10-11-17-15(12-16)14-30-24(17)28)13-22-18-6-2-4-8-20(18)23(26)21-9-5-3-7-19(21)22/h2-12,22-23H,13-14H2,1H3,(H,27,29). The fourth-order valence-electron chi connectivity index (χ4n) is 5.67. The second-order valence-corrected chi connectivity index (χ2v) is 8.77. The van der Waals surface area contributed by atoms with Crippen LogP contribution in [0.15, 0.2) is 66.7 Å². The van der Waals surface area contributed by atoms with E-state index in [2.05, 4.69) is 60.8 Å². The molecule has 0 saturated carbocycles. The van der Waals surface area contributed by atoms with Crippen LogP contribution < -0.4 is 5.32 Å². The van der Waals surface area contributed by atoms with Crippen LogP contribution >= 0.6 is 0 Å². The van der Waals surface area contributed by atoms with E-state index in [1.807, 2.05) is 6.07 Å². The van der Waals surface area contributed by atoms with E-state index in [-0.39, 0.29) is 30.3 Å². The van der Waals surface area contributed by atoms with E-state index in [0.717, 1.165) is 12.0 Å². The summed E-state index contributed by atoms with van der Waals surface area (Å²) in [5.74, 6) is -0.0298. The molecule has 0 fully saturated rings. The number of amides is 1. The van der Waals surface area contributed by atoms with Gasteiger partial charge in [-0.15, -0.1) is 0 Å². The number of hydrogen-bond acceptors (Lipinski definition) is 3.